The first kappa shape index (κ1) is 15.1. The van der Waals surface area contributed by atoms with Gasteiger partial charge in [0.1, 0.15) is 12.4 Å². The third kappa shape index (κ3) is 4.25. The summed E-state index contributed by atoms with van der Waals surface area (Å²) < 4.78 is 5.05. The van der Waals surface area contributed by atoms with E-state index in [0.29, 0.717) is 0 Å². The predicted octanol–water partition coefficient (Wildman–Crippen LogP) is 0.237. The maximum absolute atomic E-state index is 10.7. The zero-order chi connectivity index (χ0) is 12.1. The van der Waals surface area contributed by atoms with Crippen LogP contribution in [0.15, 0.2) is 12.1 Å². The monoisotopic (exact) mass is 262 g/mol. The van der Waals surface area contributed by atoms with Crippen molar-refractivity contribution in [2.45, 2.75) is 0 Å². The average Bonchev–Trinajstić information content (AvgIpc) is 2.25. The zero-order valence-electron chi connectivity index (χ0n) is 8.62. The molecule has 0 saturated carbocycles. The molecule has 8 heteroatoms. The molecule has 0 spiro atoms. The number of nitrogens with zero attached hydrogens (tertiary/aromatic N) is 1. The Morgan fingerprint density at radius 1 is 1.24 bits per heavy atom. The quantitative estimate of drug-likeness (QED) is 0.694. The molecule has 7 nitrogen and oxygen atoms in total. The van der Waals surface area contributed by atoms with Crippen molar-refractivity contribution in [3.05, 3.63) is 23.5 Å². The molecule has 94 valence electrons. The lowest BCUT2D eigenvalue weighted by Crippen LogP contribution is -2.13. The number of hydrogen-bond acceptors (Lipinski definition) is 5. The van der Waals surface area contributed by atoms with Gasteiger partial charge >= 0.3 is 11.9 Å². The number of halogens is 1. The molecule has 1 rings (SSSR count). The van der Waals surface area contributed by atoms with E-state index in [0.717, 1.165) is 12.1 Å². The van der Waals surface area contributed by atoms with Gasteiger partial charge in [0.15, 0.2) is 11.4 Å². The Morgan fingerprint density at radius 3 is 2.06 bits per heavy atom. The molecule has 4 N–H and O–H groups in total. The highest BCUT2D eigenvalue weighted by Crippen LogP contribution is 2.14. The molecule has 0 amide bonds. The third-order valence-electron chi connectivity index (χ3n) is 1.62. The molecular weight excluding hydrogens is 252 g/mol. The normalized spacial score (nSPS) is 9.24. The second kappa shape index (κ2) is 6.66. The van der Waals surface area contributed by atoms with E-state index in [1.54, 1.807) is 0 Å². The molecule has 17 heavy (non-hydrogen) atoms. The van der Waals surface area contributed by atoms with Crippen LogP contribution in [0.3, 0.4) is 0 Å². The number of carboxylic acids is 2. The van der Waals surface area contributed by atoms with E-state index in [1.807, 2.05) is 0 Å². The second-order valence-corrected chi connectivity index (χ2v) is 2.82. The first-order chi connectivity index (χ1) is 7.54. The summed E-state index contributed by atoms with van der Waals surface area (Å²) in [5, 5.41) is 17.4. The number of hydrogen-bond donors (Lipinski definition) is 3. The largest absolute Gasteiger partial charge is 0.492 e. The van der Waals surface area contributed by atoms with Crippen molar-refractivity contribution in [1.29, 1.82) is 0 Å². The number of rotatable bonds is 5. The van der Waals surface area contributed by atoms with Crippen molar-refractivity contribution in [3.8, 4) is 5.75 Å². The molecule has 0 aromatic carbocycles. The summed E-state index contributed by atoms with van der Waals surface area (Å²) in [6, 6.07) is 2.29. The molecule has 1 aromatic heterocycles. The van der Waals surface area contributed by atoms with E-state index < -0.39 is 11.9 Å². The molecule has 1 heterocycles. The second-order valence-electron chi connectivity index (χ2n) is 2.82. The summed E-state index contributed by atoms with van der Waals surface area (Å²) >= 11 is 0. The van der Waals surface area contributed by atoms with Gasteiger partial charge in [0, 0.05) is 18.7 Å². The number of pyridine rings is 1. The first-order valence-electron chi connectivity index (χ1n) is 4.36. The lowest BCUT2D eigenvalue weighted by molar-refractivity contribution is 0.0684. The van der Waals surface area contributed by atoms with Crippen LogP contribution in [0.25, 0.3) is 0 Å². The Kier molecular flexibility index (Phi) is 5.94. The van der Waals surface area contributed by atoms with E-state index in [9.17, 15) is 9.59 Å². The van der Waals surface area contributed by atoms with Gasteiger partial charge in [-0.1, -0.05) is 0 Å². The number of aromatic nitrogens is 1. The minimum Gasteiger partial charge on any atom is -0.492 e. The molecule has 0 aliphatic carbocycles. The molecule has 0 aliphatic rings. The van der Waals surface area contributed by atoms with Crippen molar-refractivity contribution < 1.29 is 24.5 Å². The third-order valence-corrected chi connectivity index (χ3v) is 1.62. The summed E-state index contributed by atoms with van der Waals surface area (Å²) in [6.45, 7) is 0.412. The number of nitrogens with two attached hydrogens (primary N) is 1. The van der Waals surface area contributed by atoms with Crippen LogP contribution in [-0.4, -0.2) is 40.3 Å². The van der Waals surface area contributed by atoms with Gasteiger partial charge in [0.2, 0.25) is 0 Å². The number of carbonyl (C=O) groups is 2. The van der Waals surface area contributed by atoms with Crippen LogP contribution < -0.4 is 10.5 Å². The summed E-state index contributed by atoms with van der Waals surface area (Å²) in [4.78, 5) is 24.8. The molecule has 1 aromatic rings. The van der Waals surface area contributed by atoms with E-state index >= 15 is 0 Å². The lowest BCUT2D eigenvalue weighted by Gasteiger charge is -2.06. The van der Waals surface area contributed by atoms with Crippen LogP contribution in [0, 0.1) is 0 Å². The fourth-order valence-corrected chi connectivity index (χ4v) is 0.985. The van der Waals surface area contributed by atoms with Crippen molar-refractivity contribution in [1.82, 2.24) is 4.98 Å². The fourth-order valence-electron chi connectivity index (χ4n) is 0.985. The maximum Gasteiger partial charge on any atom is 0.354 e. The number of carboxylic acid groups (broad SMARTS) is 2. The van der Waals surface area contributed by atoms with Gasteiger partial charge in [-0.3, -0.25) is 0 Å². The average molecular weight is 263 g/mol. The molecule has 0 aliphatic heterocycles. The van der Waals surface area contributed by atoms with Crippen LogP contribution in [0.5, 0.6) is 5.75 Å². The van der Waals surface area contributed by atoms with Gasteiger partial charge in [0.05, 0.1) is 0 Å². The Bertz CT molecular complexity index is 392. The van der Waals surface area contributed by atoms with E-state index in [2.05, 4.69) is 4.98 Å². The van der Waals surface area contributed by atoms with Gasteiger partial charge in [-0.15, -0.1) is 12.4 Å². The Labute approximate surface area is 103 Å². The van der Waals surface area contributed by atoms with Crippen LogP contribution in [0.4, 0.5) is 0 Å². The molecule has 0 fully saturated rings. The van der Waals surface area contributed by atoms with Crippen LogP contribution in [0.2, 0.25) is 0 Å². The summed E-state index contributed by atoms with van der Waals surface area (Å²) in [7, 11) is 0. The van der Waals surface area contributed by atoms with E-state index in [-0.39, 0.29) is 42.7 Å². The highest BCUT2D eigenvalue weighted by Gasteiger charge is 2.13. The van der Waals surface area contributed by atoms with Gasteiger partial charge in [-0.25, -0.2) is 14.6 Å². The van der Waals surface area contributed by atoms with Crippen molar-refractivity contribution in [3.63, 3.8) is 0 Å². The molecule has 0 unspecified atom stereocenters. The van der Waals surface area contributed by atoms with Crippen LogP contribution in [0.1, 0.15) is 21.0 Å². The van der Waals surface area contributed by atoms with Crippen LogP contribution >= 0.6 is 12.4 Å². The molecular formula is C9H11ClN2O5. The van der Waals surface area contributed by atoms with Crippen molar-refractivity contribution in [2.24, 2.45) is 5.73 Å². The lowest BCUT2D eigenvalue weighted by atomic mass is 10.3. The Hall–Kier alpha value is -1.86. The Morgan fingerprint density at radius 2 is 1.71 bits per heavy atom. The zero-order valence-corrected chi connectivity index (χ0v) is 9.44. The minimum atomic E-state index is -1.32. The molecule has 0 bridgehead atoms. The summed E-state index contributed by atoms with van der Waals surface area (Å²) in [6.07, 6.45) is 0. The highest BCUT2D eigenvalue weighted by atomic mass is 35.5. The van der Waals surface area contributed by atoms with Gasteiger partial charge in [-0.05, 0) is 0 Å². The molecule has 0 atom stereocenters. The van der Waals surface area contributed by atoms with Gasteiger partial charge in [0.25, 0.3) is 0 Å². The Balaban J connectivity index is 0.00000256. The summed E-state index contributed by atoms with van der Waals surface area (Å²) in [5.41, 5.74) is 4.43. The standard InChI is InChI=1S/C9H10N2O5.ClH/c10-1-2-16-5-3-6(8(12)13)11-7(4-5)9(14)15;/h3-4H,1-2,10H2,(H,12,13)(H,14,15);1H. The maximum atomic E-state index is 10.7. The smallest absolute Gasteiger partial charge is 0.354 e. The fraction of sp³-hybridized carbons (Fsp3) is 0.222. The predicted molar refractivity (Wildman–Crippen MR) is 60.0 cm³/mol. The first-order valence-corrected chi connectivity index (χ1v) is 4.36. The number of aromatic carboxylic acids is 2. The summed E-state index contributed by atoms with van der Waals surface area (Å²) in [5.74, 6) is -2.52. The van der Waals surface area contributed by atoms with Crippen molar-refractivity contribution in [2.75, 3.05) is 13.2 Å². The topological polar surface area (TPSA) is 123 Å². The minimum absolute atomic E-state index is 0. The van der Waals surface area contributed by atoms with Gasteiger partial charge in [-0.2, -0.15) is 0 Å². The molecule has 0 radical (unpaired) electrons. The van der Waals surface area contributed by atoms with Crippen molar-refractivity contribution >= 4 is 24.3 Å². The van der Waals surface area contributed by atoms with Gasteiger partial charge < -0.3 is 20.7 Å². The van der Waals surface area contributed by atoms with E-state index in [1.165, 1.54) is 0 Å². The SMILES string of the molecule is Cl.NCCOc1cc(C(=O)O)nc(C(=O)O)c1. The molecule has 0 saturated heterocycles. The highest BCUT2D eigenvalue weighted by molar-refractivity contribution is 5.90. The van der Waals surface area contributed by atoms with Crippen LogP contribution in [-0.2, 0) is 0 Å². The number of ether oxygens (including phenoxy) is 1. The van der Waals surface area contributed by atoms with E-state index in [4.69, 9.17) is 20.7 Å².